The molecule has 1 saturated heterocycles. The summed E-state index contributed by atoms with van der Waals surface area (Å²) in [5, 5.41) is 11.8. The maximum Gasteiger partial charge on any atom is 0.253 e. The molecule has 0 spiro atoms. The molecule has 0 atom stereocenters. The van der Waals surface area contributed by atoms with Crippen LogP contribution in [0, 0.1) is 23.1 Å². The molecule has 0 aromatic heterocycles. The van der Waals surface area contributed by atoms with E-state index in [0.29, 0.717) is 43.6 Å². The van der Waals surface area contributed by atoms with Crippen molar-refractivity contribution in [2.75, 3.05) is 13.1 Å². The lowest BCUT2D eigenvalue weighted by molar-refractivity contribution is -0.126. The predicted molar refractivity (Wildman–Crippen MR) is 98.0 cm³/mol. The van der Waals surface area contributed by atoms with Crippen LogP contribution in [-0.2, 0) is 11.3 Å². The van der Waals surface area contributed by atoms with Crippen LogP contribution in [0.2, 0.25) is 0 Å². The molecule has 1 aliphatic heterocycles. The predicted octanol–water partition coefficient (Wildman–Crippen LogP) is 2.87. The van der Waals surface area contributed by atoms with Gasteiger partial charge < -0.3 is 10.2 Å². The molecule has 3 rings (SSSR count). The van der Waals surface area contributed by atoms with Crippen molar-refractivity contribution >= 4 is 11.8 Å². The number of benzene rings is 2. The Labute approximate surface area is 157 Å². The smallest absolute Gasteiger partial charge is 0.253 e. The van der Waals surface area contributed by atoms with Crippen molar-refractivity contribution in [3.63, 3.8) is 0 Å². The molecule has 2 aromatic rings. The molecule has 0 aliphatic carbocycles. The fraction of sp³-hybridized carbons (Fsp3) is 0.286. The van der Waals surface area contributed by atoms with Crippen LogP contribution in [0.1, 0.15) is 34.3 Å². The maximum absolute atomic E-state index is 13.0. The van der Waals surface area contributed by atoms with Crippen molar-refractivity contribution in [1.29, 1.82) is 5.26 Å². The van der Waals surface area contributed by atoms with E-state index in [1.165, 1.54) is 24.3 Å². The van der Waals surface area contributed by atoms with E-state index >= 15 is 0 Å². The quantitative estimate of drug-likeness (QED) is 0.905. The monoisotopic (exact) mass is 365 g/mol. The summed E-state index contributed by atoms with van der Waals surface area (Å²) in [5.41, 5.74) is 1.90. The summed E-state index contributed by atoms with van der Waals surface area (Å²) in [6.45, 7) is 1.37. The lowest BCUT2D eigenvalue weighted by Crippen LogP contribution is -2.42. The van der Waals surface area contributed by atoms with E-state index in [0.717, 1.165) is 5.56 Å². The molecule has 138 valence electrons. The second-order valence-corrected chi connectivity index (χ2v) is 6.60. The lowest BCUT2D eigenvalue weighted by Gasteiger charge is -2.31. The molecule has 2 aromatic carbocycles. The lowest BCUT2D eigenvalue weighted by atomic mass is 9.95. The van der Waals surface area contributed by atoms with Gasteiger partial charge in [-0.1, -0.05) is 12.1 Å². The van der Waals surface area contributed by atoms with Crippen LogP contribution in [0.25, 0.3) is 0 Å². The highest BCUT2D eigenvalue weighted by Crippen LogP contribution is 2.20. The van der Waals surface area contributed by atoms with Crippen LogP contribution in [-0.4, -0.2) is 29.8 Å². The standard InChI is InChI=1S/C21H20FN3O2/c22-19-6-4-18(5-7-19)21(27)25-10-8-17(9-11-25)20(26)24-14-16-3-1-2-15(12-16)13-23/h1-7,12,17H,8-11,14H2,(H,24,26). The van der Waals surface area contributed by atoms with E-state index < -0.39 is 0 Å². The first-order chi connectivity index (χ1) is 13.1. The molecule has 27 heavy (non-hydrogen) atoms. The van der Waals surface area contributed by atoms with E-state index in [4.69, 9.17) is 5.26 Å². The van der Waals surface area contributed by atoms with Gasteiger partial charge in [-0.15, -0.1) is 0 Å². The number of nitrogens with zero attached hydrogens (tertiary/aromatic N) is 2. The number of nitriles is 1. The van der Waals surface area contributed by atoms with Gasteiger partial charge in [0.15, 0.2) is 0 Å². The minimum absolute atomic E-state index is 0.0359. The van der Waals surface area contributed by atoms with Gasteiger partial charge in [0.2, 0.25) is 5.91 Å². The summed E-state index contributed by atoms with van der Waals surface area (Å²) < 4.78 is 13.0. The highest BCUT2D eigenvalue weighted by atomic mass is 19.1. The molecule has 1 heterocycles. The van der Waals surface area contributed by atoms with Gasteiger partial charge in [-0.3, -0.25) is 9.59 Å². The van der Waals surface area contributed by atoms with Crippen molar-refractivity contribution < 1.29 is 14.0 Å². The van der Waals surface area contributed by atoms with E-state index in [1.54, 1.807) is 23.1 Å². The fourth-order valence-corrected chi connectivity index (χ4v) is 3.20. The Hall–Kier alpha value is -3.20. The van der Waals surface area contributed by atoms with Crippen molar-refractivity contribution in [1.82, 2.24) is 10.2 Å². The Morgan fingerprint density at radius 3 is 2.52 bits per heavy atom. The normalized spacial score (nSPS) is 14.4. The van der Waals surface area contributed by atoms with Crippen molar-refractivity contribution in [3.05, 3.63) is 71.0 Å². The molecule has 6 heteroatoms. The summed E-state index contributed by atoms with van der Waals surface area (Å²) in [6.07, 6.45) is 1.19. The summed E-state index contributed by atoms with van der Waals surface area (Å²) in [6, 6.07) is 14.7. The molecule has 5 nitrogen and oxygen atoms in total. The molecule has 1 fully saturated rings. The van der Waals surface area contributed by atoms with Gasteiger partial charge in [0.1, 0.15) is 5.82 Å². The topological polar surface area (TPSA) is 73.2 Å². The number of carbonyl (C=O) groups is 2. The minimum atomic E-state index is -0.373. The number of halogens is 1. The Balaban J connectivity index is 1.49. The Kier molecular flexibility index (Phi) is 5.82. The fourth-order valence-electron chi connectivity index (χ4n) is 3.20. The zero-order valence-corrected chi connectivity index (χ0v) is 14.8. The third-order valence-electron chi connectivity index (χ3n) is 4.77. The van der Waals surface area contributed by atoms with Crippen molar-refractivity contribution in [2.24, 2.45) is 5.92 Å². The average molecular weight is 365 g/mol. The van der Waals surface area contributed by atoms with Crippen LogP contribution in [0.4, 0.5) is 4.39 Å². The summed E-state index contributed by atoms with van der Waals surface area (Å²) in [4.78, 5) is 26.5. The number of hydrogen-bond acceptors (Lipinski definition) is 3. The van der Waals surface area contributed by atoms with Gasteiger partial charge in [-0.05, 0) is 54.8 Å². The molecular formula is C21H20FN3O2. The van der Waals surface area contributed by atoms with Gasteiger partial charge in [-0.2, -0.15) is 5.26 Å². The van der Waals surface area contributed by atoms with Crippen LogP contribution in [0.3, 0.4) is 0 Å². The Bertz CT molecular complexity index is 866. The van der Waals surface area contributed by atoms with Gasteiger partial charge in [-0.25, -0.2) is 4.39 Å². The summed E-state index contributed by atoms with van der Waals surface area (Å²) in [7, 11) is 0. The van der Waals surface area contributed by atoms with E-state index in [1.807, 2.05) is 6.07 Å². The van der Waals surface area contributed by atoms with Crippen molar-refractivity contribution in [3.8, 4) is 6.07 Å². The molecule has 1 N–H and O–H groups in total. The number of amides is 2. The number of piperidine rings is 1. The number of likely N-dealkylation sites (tertiary alicyclic amines) is 1. The first kappa shape index (κ1) is 18.6. The average Bonchev–Trinajstić information content (AvgIpc) is 2.72. The summed E-state index contributed by atoms with van der Waals surface area (Å²) >= 11 is 0. The summed E-state index contributed by atoms with van der Waals surface area (Å²) in [5.74, 6) is -0.683. The maximum atomic E-state index is 13.0. The molecular weight excluding hydrogens is 345 g/mol. The molecule has 0 radical (unpaired) electrons. The number of hydrogen-bond donors (Lipinski definition) is 1. The van der Waals surface area contributed by atoms with Crippen LogP contribution < -0.4 is 5.32 Å². The Morgan fingerprint density at radius 1 is 1.15 bits per heavy atom. The molecule has 0 bridgehead atoms. The van der Waals surface area contributed by atoms with E-state index in [-0.39, 0.29) is 23.5 Å². The first-order valence-corrected chi connectivity index (χ1v) is 8.88. The second kappa shape index (κ2) is 8.45. The zero-order valence-electron chi connectivity index (χ0n) is 14.8. The largest absolute Gasteiger partial charge is 0.352 e. The number of carbonyl (C=O) groups excluding carboxylic acids is 2. The third-order valence-corrected chi connectivity index (χ3v) is 4.77. The molecule has 1 aliphatic rings. The molecule has 2 amide bonds. The highest BCUT2D eigenvalue weighted by Gasteiger charge is 2.27. The highest BCUT2D eigenvalue weighted by molar-refractivity contribution is 5.94. The van der Waals surface area contributed by atoms with Gasteiger partial charge >= 0.3 is 0 Å². The van der Waals surface area contributed by atoms with Gasteiger partial charge in [0.25, 0.3) is 5.91 Å². The first-order valence-electron chi connectivity index (χ1n) is 8.88. The molecule has 0 unspecified atom stereocenters. The van der Waals surface area contributed by atoms with Crippen LogP contribution in [0.15, 0.2) is 48.5 Å². The molecule has 0 saturated carbocycles. The van der Waals surface area contributed by atoms with E-state index in [2.05, 4.69) is 11.4 Å². The van der Waals surface area contributed by atoms with Crippen molar-refractivity contribution in [2.45, 2.75) is 19.4 Å². The zero-order chi connectivity index (χ0) is 19.2. The minimum Gasteiger partial charge on any atom is -0.352 e. The van der Waals surface area contributed by atoms with Crippen LogP contribution in [0.5, 0.6) is 0 Å². The third kappa shape index (κ3) is 4.70. The van der Waals surface area contributed by atoms with Crippen LogP contribution >= 0.6 is 0 Å². The number of nitrogens with one attached hydrogen (secondary N) is 1. The second-order valence-electron chi connectivity index (χ2n) is 6.60. The number of rotatable bonds is 4. The van der Waals surface area contributed by atoms with Gasteiger partial charge in [0, 0.05) is 31.1 Å². The Morgan fingerprint density at radius 2 is 1.85 bits per heavy atom. The van der Waals surface area contributed by atoms with Gasteiger partial charge in [0.05, 0.1) is 11.6 Å². The SMILES string of the molecule is N#Cc1cccc(CNC(=O)C2CCN(C(=O)c3ccc(F)cc3)CC2)c1. The van der Waals surface area contributed by atoms with E-state index in [9.17, 15) is 14.0 Å².